The number of aryl methyl sites for hydroxylation is 1. The number of hydrogen-bond donors (Lipinski definition) is 3. The molecule has 0 spiro atoms. The number of carbonyl (C=O) groups is 2. The van der Waals surface area contributed by atoms with Gasteiger partial charge in [-0.25, -0.2) is 4.79 Å². The lowest BCUT2D eigenvalue weighted by Gasteiger charge is -2.26. The molecule has 0 radical (unpaired) electrons. The number of aromatic nitrogens is 2. The molecule has 1 amide bonds. The number of aliphatic carboxylic acids is 1. The molecule has 29 heavy (non-hydrogen) atoms. The van der Waals surface area contributed by atoms with Crippen molar-refractivity contribution in [3.63, 3.8) is 0 Å². The third-order valence-corrected chi connectivity index (χ3v) is 4.72. The maximum atomic E-state index is 12.5. The van der Waals surface area contributed by atoms with Crippen LogP contribution in [-0.2, 0) is 9.53 Å². The van der Waals surface area contributed by atoms with Crippen LogP contribution in [0.1, 0.15) is 35.5 Å². The Balaban J connectivity index is 1.88. The van der Waals surface area contributed by atoms with Gasteiger partial charge in [0.2, 0.25) is 0 Å². The van der Waals surface area contributed by atoms with Crippen LogP contribution in [0.2, 0.25) is 0 Å². The van der Waals surface area contributed by atoms with E-state index in [1.165, 1.54) is 16.8 Å². The molecule has 0 saturated heterocycles. The number of aliphatic hydroxyl groups is 1. The van der Waals surface area contributed by atoms with Crippen LogP contribution in [-0.4, -0.2) is 43.8 Å². The molecule has 152 valence electrons. The van der Waals surface area contributed by atoms with Gasteiger partial charge in [0.05, 0.1) is 13.0 Å². The van der Waals surface area contributed by atoms with E-state index in [0.717, 1.165) is 0 Å². The van der Waals surface area contributed by atoms with Gasteiger partial charge in [-0.1, -0.05) is 18.2 Å². The second kappa shape index (κ2) is 7.98. The highest BCUT2D eigenvalue weighted by molar-refractivity contribution is 6.03. The molecule has 0 bridgehead atoms. The zero-order chi connectivity index (χ0) is 21.2. The molecule has 2 atom stereocenters. The molecule has 3 rings (SSSR count). The number of benzene rings is 1. The lowest BCUT2D eigenvalue weighted by Crippen LogP contribution is -2.36. The summed E-state index contributed by atoms with van der Waals surface area (Å²) < 4.78 is 6.94. The zero-order valence-electron chi connectivity index (χ0n) is 16.0. The third kappa shape index (κ3) is 4.25. The van der Waals surface area contributed by atoms with E-state index in [4.69, 9.17) is 9.84 Å². The maximum Gasteiger partial charge on any atom is 0.351 e. The largest absolute Gasteiger partial charge is 0.481 e. The fourth-order valence-corrected chi connectivity index (χ4v) is 3.05. The van der Waals surface area contributed by atoms with Gasteiger partial charge >= 0.3 is 11.7 Å². The van der Waals surface area contributed by atoms with Crippen molar-refractivity contribution in [2.75, 3.05) is 11.9 Å². The molecule has 9 nitrogen and oxygen atoms in total. The summed E-state index contributed by atoms with van der Waals surface area (Å²) in [4.78, 5) is 39.9. The monoisotopic (exact) mass is 399 g/mol. The standard InChI is InChI=1S/C20H21N3O6/c1-12-10-23(15-8-14(9-16(25)26)20(2,11-24)29-15)19(28)22-17(12)21-18(27)13-6-4-3-5-7-13/h3-8,10,15,24H,9,11H2,1-2H3,(H,25,26)(H,21,22,27,28)/t15-,20-/m1/s1. The minimum Gasteiger partial charge on any atom is -0.481 e. The van der Waals surface area contributed by atoms with E-state index in [-0.39, 0.29) is 12.2 Å². The zero-order valence-corrected chi connectivity index (χ0v) is 16.0. The summed E-state index contributed by atoms with van der Waals surface area (Å²) in [5.74, 6) is -1.34. The average Bonchev–Trinajstić information content (AvgIpc) is 3.01. The summed E-state index contributed by atoms with van der Waals surface area (Å²) in [6.45, 7) is 2.79. The van der Waals surface area contributed by atoms with Crippen molar-refractivity contribution >= 4 is 17.7 Å². The van der Waals surface area contributed by atoms with E-state index in [2.05, 4.69) is 10.3 Å². The number of carboxylic acids is 1. The normalized spacial score (nSPS) is 20.9. The second-order valence-corrected chi connectivity index (χ2v) is 6.94. The Morgan fingerprint density at radius 3 is 2.62 bits per heavy atom. The first-order valence-corrected chi connectivity index (χ1v) is 8.91. The lowest BCUT2D eigenvalue weighted by atomic mass is 9.95. The smallest absolute Gasteiger partial charge is 0.351 e. The van der Waals surface area contributed by atoms with E-state index in [1.54, 1.807) is 44.2 Å². The highest BCUT2D eigenvalue weighted by atomic mass is 16.5. The number of anilines is 1. The van der Waals surface area contributed by atoms with E-state index in [1.807, 2.05) is 0 Å². The van der Waals surface area contributed by atoms with Crippen molar-refractivity contribution in [3.8, 4) is 0 Å². The number of amides is 1. The highest BCUT2D eigenvalue weighted by Crippen LogP contribution is 2.37. The number of ether oxygens (including phenoxy) is 1. The number of hydrogen-bond acceptors (Lipinski definition) is 6. The molecule has 1 aromatic carbocycles. The van der Waals surface area contributed by atoms with Crippen LogP contribution in [0.25, 0.3) is 0 Å². The summed E-state index contributed by atoms with van der Waals surface area (Å²) in [6.07, 6.45) is 1.73. The quantitative estimate of drug-likeness (QED) is 0.627. The van der Waals surface area contributed by atoms with Gasteiger partial charge in [0.15, 0.2) is 6.23 Å². The molecule has 1 aromatic heterocycles. The van der Waals surface area contributed by atoms with Crippen LogP contribution < -0.4 is 11.0 Å². The number of carboxylic acid groups (broad SMARTS) is 1. The number of aliphatic hydroxyl groups excluding tert-OH is 1. The van der Waals surface area contributed by atoms with E-state index >= 15 is 0 Å². The van der Waals surface area contributed by atoms with Crippen molar-refractivity contribution in [1.29, 1.82) is 0 Å². The van der Waals surface area contributed by atoms with E-state index in [9.17, 15) is 19.5 Å². The summed E-state index contributed by atoms with van der Waals surface area (Å²) in [5.41, 5.74) is -0.586. The van der Waals surface area contributed by atoms with Crippen LogP contribution in [0.5, 0.6) is 0 Å². The number of rotatable bonds is 6. The predicted molar refractivity (Wildman–Crippen MR) is 104 cm³/mol. The molecule has 2 heterocycles. The minimum absolute atomic E-state index is 0.123. The average molecular weight is 399 g/mol. The van der Waals surface area contributed by atoms with Crippen molar-refractivity contribution in [2.45, 2.75) is 32.1 Å². The van der Waals surface area contributed by atoms with Gasteiger partial charge in [-0.2, -0.15) is 4.98 Å². The topological polar surface area (TPSA) is 131 Å². The van der Waals surface area contributed by atoms with Gasteiger partial charge in [-0.05, 0) is 37.6 Å². The van der Waals surface area contributed by atoms with Gasteiger partial charge in [-0.15, -0.1) is 0 Å². The predicted octanol–water partition coefficient (Wildman–Crippen LogP) is 1.48. The van der Waals surface area contributed by atoms with Gasteiger partial charge in [0.25, 0.3) is 5.91 Å². The Kier molecular flexibility index (Phi) is 5.62. The van der Waals surface area contributed by atoms with Gasteiger partial charge in [0.1, 0.15) is 11.4 Å². The van der Waals surface area contributed by atoms with Crippen LogP contribution >= 0.6 is 0 Å². The Morgan fingerprint density at radius 2 is 2.00 bits per heavy atom. The van der Waals surface area contributed by atoms with Gasteiger partial charge in [0, 0.05) is 17.3 Å². The van der Waals surface area contributed by atoms with Crippen molar-refractivity contribution in [3.05, 3.63) is 69.8 Å². The Bertz CT molecular complexity index is 1030. The van der Waals surface area contributed by atoms with Crippen molar-refractivity contribution in [1.82, 2.24) is 9.55 Å². The molecule has 0 unspecified atom stereocenters. The van der Waals surface area contributed by atoms with Crippen LogP contribution in [0.3, 0.4) is 0 Å². The lowest BCUT2D eigenvalue weighted by molar-refractivity contribution is -0.137. The second-order valence-electron chi connectivity index (χ2n) is 6.94. The summed E-state index contributed by atoms with van der Waals surface area (Å²) >= 11 is 0. The van der Waals surface area contributed by atoms with Crippen LogP contribution in [0, 0.1) is 6.92 Å². The van der Waals surface area contributed by atoms with Gasteiger partial charge in [-0.3, -0.25) is 14.2 Å². The van der Waals surface area contributed by atoms with Crippen LogP contribution in [0.15, 0.2) is 53.0 Å². The Morgan fingerprint density at radius 1 is 1.31 bits per heavy atom. The molecular weight excluding hydrogens is 378 g/mol. The summed E-state index contributed by atoms with van der Waals surface area (Å²) in [6, 6.07) is 8.52. The molecule has 1 aliphatic heterocycles. The van der Waals surface area contributed by atoms with Gasteiger partial charge < -0.3 is 20.3 Å². The Labute approximate surface area is 166 Å². The van der Waals surface area contributed by atoms with Crippen LogP contribution in [0.4, 0.5) is 5.82 Å². The molecule has 3 N–H and O–H groups in total. The molecule has 0 fully saturated rings. The Hall–Kier alpha value is -3.30. The van der Waals surface area contributed by atoms with Crippen molar-refractivity contribution in [2.24, 2.45) is 0 Å². The fraction of sp³-hybridized carbons (Fsp3) is 0.300. The third-order valence-electron chi connectivity index (χ3n) is 4.72. The summed E-state index contributed by atoms with van der Waals surface area (Å²) in [7, 11) is 0. The number of nitrogens with zero attached hydrogens (tertiary/aromatic N) is 2. The number of nitrogens with one attached hydrogen (secondary N) is 1. The first-order valence-electron chi connectivity index (χ1n) is 8.91. The first-order chi connectivity index (χ1) is 13.7. The van der Waals surface area contributed by atoms with Crippen molar-refractivity contribution < 1.29 is 24.5 Å². The van der Waals surface area contributed by atoms with E-state index < -0.39 is 36.0 Å². The first kappa shape index (κ1) is 20.4. The highest BCUT2D eigenvalue weighted by Gasteiger charge is 2.40. The van der Waals surface area contributed by atoms with E-state index in [0.29, 0.717) is 16.7 Å². The molecule has 1 aliphatic rings. The summed E-state index contributed by atoms with van der Waals surface area (Å²) in [5, 5.41) is 21.3. The molecular formula is C20H21N3O6. The molecule has 2 aromatic rings. The maximum absolute atomic E-state index is 12.5. The minimum atomic E-state index is -1.21. The molecule has 9 heteroatoms. The number of carbonyl (C=O) groups excluding carboxylic acids is 1. The SMILES string of the molecule is Cc1cn([C@H]2C=C(CC(=O)O)[C@@](C)(CO)O2)c(=O)nc1NC(=O)c1ccccc1. The molecule has 0 saturated carbocycles. The molecule has 0 aliphatic carbocycles. The fourth-order valence-electron chi connectivity index (χ4n) is 3.05.